The molecule has 2 rings (SSSR count). The first kappa shape index (κ1) is 15.3. The quantitative estimate of drug-likeness (QED) is 0.756. The molecule has 0 aromatic heterocycles. The van der Waals surface area contributed by atoms with E-state index in [0.717, 1.165) is 17.7 Å². The first-order valence-corrected chi connectivity index (χ1v) is 7.02. The number of para-hydroxylation sites is 1. The Morgan fingerprint density at radius 3 is 2.38 bits per heavy atom. The molecule has 0 unspecified atom stereocenters. The maximum atomic E-state index is 13.4. The Hall–Kier alpha value is -2.07. The third-order valence-electron chi connectivity index (χ3n) is 2.88. The van der Waals surface area contributed by atoms with Gasteiger partial charge in [-0.2, -0.15) is 0 Å². The SMILES string of the molecule is CNCc1cc(F)cc(OCCCOc2ccccc2)c1. The van der Waals surface area contributed by atoms with Crippen molar-refractivity contribution in [3.8, 4) is 11.5 Å². The zero-order valence-corrected chi connectivity index (χ0v) is 12.1. The first-order chi connectivity index (χ1) is 10.3. The predicted molar refractivity (Wildman–Crippen MR) is 81.2 cm³/mol. The van der Waals surface area contributed by atoms with Crippen LogP contribution < -0.4 is 14.8 Å². The van der Waals surface area contributed by atoms with Gasteiger partial charge in [0.15, 0.2) is 0 Å². The average Bonchev–Trinajstić information content (AvgIpc) is 2.48. The largest absolute Gasteiger partial charge is 0.493 e. The summed E-state index contributed by atoms with van der Waals surface area (Å²) >= 11 is 0. The van der Waals surface area contributed by atoms with Crippen LogP contribution in [0.4, 0.5) is 4.39 Å². The molecule has 0 spiro atoms. The van der Waals surface area contributed by atoms with Gasteiger partial charge in [-0.3, -0.25) is 0 Å². The lowest BCUT2D eigenvalue weighted by Crippen LogP contribution is -2.07. The minimum atomic E-state index is -0.279. The molecule has 0 heterocycles. The van der Waals surface area contributed by atoms with E-state index in [9.17, 15) is 4.39 Å². The molecule has 3 nitrogen and oxygen atoms in total. The monoisotopic (exact) mass is 289 g/mol. The summed E-state index contributed by atoms with van der Waals surface area (Å²) in [6.07, 6.45) is 0.743. The van der Waals surface area contributed by atoms with Crippen LogP contribution in [0.25, 0.3) is 0 Å². The Morgan fingerprint density at radius 2 is 1.67 bits per heavy atom. The number of hydrogen-bond acceptors (Lipinski definition) is 3. The molecule has 2 aromatic rings. The lowest BCUT2D eigenvalue weighted by molar-refractivity contribution is 0.247. The summed E-state index contributed by atoms with van der Waals surface area (Å²) in [5.41, 5.74) is 0.869. The Morgan fingerprint density at radius 1 is 0.952 bits per heavy atom. The Labute approximate surface area is 124 Å². The van der Waals surface area contributed by atoms with Gasteiger partial charge in [0.1, 0.15) is 17.3 Å². The average molecular weight is 289 g/mol. The number of rotatable bonds is 8. The van der Waals surface area contributed by atoms with Crippen molar-refractivity contribution in [1.82, 2.24) is 5.32 Å². The van der Waals surface area contributed by atoms with Crippen molar-refractivity contribution in [2.75, 3.05) is 20.3 Å². The molecule has 0 aliphatic rings. The van der Waals surface area contributed by atoms with E-state index < -0.39 is 0 Å². The van der Waals surface area contributed by atoms with Crippen LogP contribution >= 0.6 is 0 Å². The van der Waals surface area contributed by atoms with Gasteiger partial charge in [0, 0.05) is 19.0 Å². The number of halogens is 1. The Bertz CT molecular complexity index is 546. The Balaban J connectivity index is 1.73. The van der Waals surface area contributed by atoms with Gasteiger partial charge in [-0.05, 0) is 36.9 Å². The van der Waals surface area contributed by atoms with E-state index in [4.69, 9.17) is 9.47 Å². The van der Waals surface area contributed by atoms with Crippen molar-refractivity contribution in [3.63, 3.8) is 0 Å². The molecule has 0 aliphatic heterocycles. The first-order valence-electron chi connectivity index (χ1n) is 7.02. The molecule has 21 heavy (non-hydrogen) atoms. The summed E-state index contributed by atoms with van der Waals surface area (Å²) in [4.78, 5) is 0. The maximum Gasteiger partial charge on any atom is 0.127 e. The van der Waals surface area contributed by atoms with Gasteiger partial charge in [0.05, 0.1) is 13.2 Å². The molecular formula is C17H20FNO2. The molecule has 0 radical (unpaired) electrons. The van der Waals surface area contributed by atoms with Gasteiger partial charge < -0.3 is 14.8 Å². The van der Waals surface area contributed by atoms with Crippen molar-refractivity contribution >= 4 is 0 Å². The molecule has 0 atom stereocenters. The van der Waals surface area contributed by atoms with Gasteiger partial charge in [-0.15, -0.1) is 0 Å². The summed E-state index contributed by atoms with van der Waals surface area (Å²) in [7, 11) is 1.83. The molecule has 0 saturated heterocycles. The minimum absolute atomic E-state index is 0.279. The van der Waals surface area contributed by atoms with Crippen molar-refractivity contribution in [3.05, 3.63) is 59.9 Å². The van der Waals surface area contributed by atoms with E-state index in [-0.39, 0.29) is 5.82 Å². The summed E-state index contributed by atoms with van der Waals surface area (Å²) in [6, 6.07) is 14.4. The molecule has 1 N–H and O–H groups in total. The Kier molecular flexibility index (Phi) is 6.03. The normalized spacial score (nSPS) is 10.4. The second-order valence-electron chi connectivity index (χ2n) is 4.69. The van der Waals surface area contributed by atoms with Crippen LogP contribution in [0.5, 0.6) is 11.5 Å². The summed E-state index contributed by atoms with van der Waals surface area (Å²) in [5.74, 6) is 1.12. The number of benzene rings is 2. The van der Waals surface area contributed by atoms with Gasteiger partial charge in [0.2, 0.25) is 0 Å². The molecule has 0 amide bonds. The van der Waals surface area contributed by atoms with Crippen LogP contribution in [0.2, 0.25) is 0 Å². The molecule has 112 valence electrons. The van der Waals surface area contributed by atoms with Crippen LogP contribution in [0.15, 0.2) is 48.5 Å². The standard InChI is InChI=1S/C17H20FNO2/c1-19-13-14-10-15(18)12-17(11-14)21-9-5-8-20-16-6-3-2-4-7-16/h2-4,6-7,10-12,19H,5,8-9,13H2,1H3. The van der Waals surface area contributed by atoms with E-state index >= 15 is 0 Å². The highest BCUT2D eigenvalue weighted by Crippen LogP contribution is 2.17. The summed E-state index contributed by atoms with van der Waals surface area (Å²) < 4.78 is 24.5. The fraction of sp³-hybridized carbons (Fsp3) is 0.294. The van der Waals surface area contributed by atoms with E-state index in [2.05, 4.69) is 5.32 Å². The predicted octanol–water partition coefficient (Wildman–Crippen LogP) is 3.39. The zero-order chi connectivity index (χ0) is 14.9. The van der Waals surface area contributed by atoms with Crippen LogP contribution in [-0.2, 0) is 6.54 Å². The number of nitrogens with one attached hydrogen (secondary N) is 1. The van der Waals surface area contributed by atoms with Gasteiger partial charge in [-0.25, -0.2) is 4.39 Å². The third kappa shape index (κ3) is 5.44. The zero-order valence-electron chi connectivity index (χ0n) is 12.1. The molecule has 0 bridgehead atoms. The van der Waals surface area contributed by atoms with Gasteiger partial charge in [-0.1, -0.05) is 18.2 Å². The molecule has 4 heteroatoms. The summed E-state index contributed by atoms with van der Waals surface area (Å²) in [6.45, 7) is 1.68. The highest BCUT2D eigenvalue weighted by molar-refractivity contribution is 5.29. The molecule has 0 aliphatic carbocycles. The second kappa shape index (κ2) is 8.27. The van der Waals surface area contributed by atoms with Crippen LogP contribution in [-0.4, -0.2) is 20.3 Å². The fourth-order valence-corrected chi connectivity index (χ4v) is 1.97. The van der Waals surface area contributed by atoms with E-state index in [1.807, 2.05) is 43.4 Å². The van der Waals surface area contributed by atoms with Crippen molar-refractivity contribution in [2.24, 2.45) is 0 Å². The van der Waals surface area contributed by atoms with Gasteiger partial charge >= 0.3 is 0 Å². The van der Waals surface area contributed by atoms with E-state index in [1.54, 1.807) is 0 Å². The van der Waals surface area contributed by atoms with Crippen molar-refractivity contribution in [2.45, 2.75) is 13.0 Å². The third-order valence-corrected chi connectivity index (χ3v) is 2.88. The molecule has 2 aromatic carbocycles. The van der Waals surface area contributed by atoms with Crippen LogP contribution in [0.3, 0.4) is 0 Å². The molecule has 0 saturated carbocycles. The van der Waals surface area contributed by atoms with Crippen molar-refractivity contribution in [1.29, 1.82) is 0 Å². The highest BCUT2D eigenvalue weighted by Gasteiger charge is 2.02. The van der Waals surface area contributed by atoms with Crippen molar-refractivity contribution < 1.29 is 13.9 Å². The molecule has 0 fully saturated rings. The number of ether oxygens (including phenoxy) is 2. The topological polar surface area (TPSA) is 30.5 Å². The van der Waals surface area contributed by atoms with Crippen LogP contribution in [0.1, 0.15) is 12.0 Å². The van der Waals surface area contributed by atoms with E-state index in [0.29, 0.717) is 25.5 Å². The van der Waals surface area contributed by atoms with E-state index in [1.165, 1.54) is 12.1 Å². The summed E-state index contributed by atoms with van der Waals surface area (Å²) in [5, 5.41) is 2.99. The lowest BCUT2D eigenvalue weighted by Gasteiger charge is -2.09. The fourth-order valence-electron chi connectivity index (χ4n) is 1.97. The highest BCUT2D eigenvalue weighted by atomic mass is 19.1. The minimum Gasteiger partial charge on any atom is -0.493 e. The van der Waals surface area contributed by atoms with Crippen LogP contribution in [0, 0.1) is 5.82 Å². The lowest BCUT2D eigenvalue weighted by atomic mass is 10.2. The maximum absolute atomic E-state index is 13.4. The second-order valence-corrected chi connectivity index (χ2v) is 4.69. The van der Waals surface area contributed by atoms with Gasteiger partial charge in [0.25, 0.3) is 0 Å². The smallest absolute Gasteiger partial charge is 0.127 e. The number of hydrogen-bond donors (Lipinski definition) is 1. The molecular weight excluding hydrogens is 269 g/mol.